The SMILES string of the molecule is COC(=O)c1cccc(NC(=O)c2cnc(N(C)CCc3ccncc3)cn2)c1. The molecule has 8 heteroatoms. The molecule has 29 heavy (non-hydrogen) atoms. The van der Waals surface area contributed by atoms with Crippen molar-refractivity contribution in [2.45, 2.75) is 6.42 Å². The Morgan fingerprint density at radius 2 is 1.90 bits per heavy atom. The van der Waals surface area contributed by atoms with Crippen LogP contribution in [0.15, 0.2) is 61.2 Å². The third-order valence-electron chi connectivity index (χ3n) is 4.29. The molecule has 8 nitrogen and oxygen atoms in total. The Bertz CT molecular complexity index is 977. The first kappa shape index (κ1) is 19.9. The van der Waals surface area contributed by atoms with Crippen LogP contribution in [0.3, 0.4) is 0 Å². The van der Waals surface area contributed by atoms with Gasteiger partial charge in [-0.15, -0.1) is 0 Å². The second-order valence-electron chi connectivity index (χ2n) is 6.31. The molecule has 0 saturated carbocycles. The number of ether oxygens (including phenoxy) is 1. The zero-order valence-corrected chi connectivity index (χ0v) is 16.2. The summed E-state index contributed by atoms with van der Waals surface area (Å²) in [7, 11) is 3.22. The van der Waals surface area contributed by atoms with Gasteiger partial charge in [-0.1, -0.05) is 6.07 Å². The number of likely N-dealkylation sites (N-methyl/N-ethyl adjacent to an activating group) is 1. The number of esters is 1. The summed E-state index contributed by atoms with van der Waals surface area (Å²) in [6.45, 7) is 0.755. The number of hydrogen-bond acceptors (Lipinski definition) is 7. The van der Waals surface area contributed by atoms with Crippen LogP contribution in [0.1, 0.15) is 26.4 Å². The summed E-state index contributed by atoms with van der Waals surface area (Å²) in [5.74, 6) is -0.214. The van der Waals surface area contributed by atoms with Gasteiger partial charge < -0.3 is 15.0 Å². The Kier molecular flexibility index (Phi) is 6.47. The number of carbonyl (C=O) groups is 2. The van der Waals surface area contributed by atoms with E-state index in [0.29, 0.717) is 17.1 Å². The van der Waals surface area contributed by atoms with Gasteiger partial charge in [-0.05, 0) is 42.3 Å². The largest absolute Gasteiger partial charge is 0.465 e. The van der Waals surface area contributed by atoms with Crippen molar-refractivity contribution in [3.05, 3.63) is 78.0 Å². The maximum atomic E-state index is 12.4. The predicted molar refractivity (Wildman–Crippen MR) is 109 cm³/mol. The van der Waals surface area contributed by atoms with E-state index in [-0.39, 0.29) is 5.69 Å². The van der Waals surface area contributed by atoms with Crippen molar-refractivity contribution in [2.75, 3.05) is 30.9 Å². The number of rotatable bonds is 7. The first-order chi connectivity index (χ1) is 14.1. The zero-order valence-electron chi connectivity index (χ0n) is 16.2. The van der Waals surface area contributed by atoms with E-state index in [4.69, 9.17) is 0 Å². The Morgan fingerprint density at radius 1 is 1.10 bits per heavy atom. The topological polar surface area (TPSA) is 97.3 Å². The van der Waals surface area contributed by atoms with Crippen molar-refractivity contribution in [1.29, 1.82) is 0 Å². The van der Waals surface area contributed by atoms with Gasteiger partial charge in [-0.25, -0.2) is 14.8 Å². The van der Waals surface area contributed by atoms with Gasteiger partial charge >= 0.3 is 5.97 Å². The maximum Gasteiger partial charge on any atom is 0.337 e. The standard InChI is InChI=1S/C21H21N5O3/c1-26(11-8-15-6-9-22-10-7-15)19-14-23-18(13-24-19)20(27)25-17-5-3-4-16(12-17)21(28)29-2/h3-7,9-10,12-14H,8,11H2,1-2H3,(H,25,27). The number of carbonyl (C=O) groups excluding carboxylic acids is 2. The molecule has 1 amide bonds. The fraction of sp³-hybridized carbons (Fsp3) is 0.190. The molecule has 0 fully saturated rings. The Balaban J connectivity index is 1.60. The third-order valence-corrected chi connectivity index (χ3v) is 4.29. The van der Waals surface area contributed by atoms with Crippen molar-refractivity contribution in [3.8, 4) is 0 Å². The molecule has 1 aromatic carbocycles. The molecule has 0 aliphatic carbocycles. The Hall–Kier alpha value is -3.81. The van der Waals surface area contributed by atoms with E-state index in [9.17, 15) is 9.59 Å². The van der Waals surface area contributed by atoms with Crippen LogP contribution in [-0.2, 0) is 11.2 Å². The van der Waals surface area contributed by atoms with E-state index in [2.05, 4.69) is 25.0 Å². The monoisotopic (exact) mass is 391 g/mol. The van der Waals surface area contributed by atoms with Crippen LogP contribution >= 0.6 is 0 Å². The van der Waals surface area contributed by atoms with Crippen molar-refractivity contribution in [2.24, 2.45) is 0 Å². The van der Waals surface area contributed by atoms with Crippen LogP contribution in [0, 0.1) is 0 Å². The number of benzene rings is 1. The Labute approximate surface area is 168 Å². The first-order valence-corrected chi connectivity index (χ1v) is 8.98. The van der Waals surface area contributed by atoms with Crippen molar-refractivity contribution < 1.29 is 14.3 Å². The highest BCUT2D eigenvalue weighted by atomic mass is 16.5. The number of aromatic nitrogens is 3. The molecular weight excluding hydrogens is 370 g/mol. The summed E-state index contributed by atoms with van der Waals surface area (Å²) in [5, 5.41) is 2.70. The molecule has 0 aliphatic heterocycles. The lowest BCUT2D eigenvalue weighted by atomic mass is 10.2. The molecule has 0 spiro atoms. The Morgan fingerprint density at radius 3 is 2.59 bits per heavy atom. The lowest BCUT2D eigenvalue weighted by molar-refractivity contribution is 0.0600. The van der Waals surface area contributed by atoms with Gasteiger partial charge in [-0.2, -0.15) is 0 Å². The average Bonchev–Trinajstić information content (AvgIpc) is 2.78. The summed E-state index contributed by atoms with van der Waals surface area (Å²) in [6, 6.07) is 10.4. The molecule has 2 aromatic heterocycles. The van der Waals surface area contributed by atoms with Crippen LogP contribution in [0.25, 0.3) is 0 Å². The molecule has 2 heterocycles. The zero-order chi connectivity index (χ0) is 20.6. The fourth-order valence-corrected chi connectivity index (χ4v) is 2.63. The smallest absolute Gasteiger partial charge is 0.337 e. The van der Waals surface area contributed by atoms with Gasteiger partial charge in [0.25, 0.3) is 5.91 Å². The first-order valence-electron chi connectivity index (χ1n) is 8.98. The van der Waals surface area contributed by atoms with E-state index in [1.807, 2.05) is 24.1 Å². The molecule has 0 bridgehead atoms. The van der Waals surface area contributed by atoms with Crippen LogP contribution in [0.4, 0.5) is 11.5 Å². The van der Waals surface area contributed by atoms with E-state index >= 15 is 0 Å². The quantitative estimate of drug-likeness (QED) is 0.618. The highest BCUT2D eigenvalue weighted by molar-refractivity contribution is 6.03. The van der Waals surface area contributed by atoms with Gasteiger partial charge in [0.2, 0.25) is 0 Å². The van der Waals surface area contributed by atoms with Gasteiger partial charge in [0.15, 0.2) is 0 Å². The van der Waals surface area contributed by atoms with E-state index in [0.717, 1.165) is 13.0 Å². The molecule has 3 aromatic rings. The van der Waals surface area contributed by atoms with Crippen LogP contribution in [0.5, 0.6) is 0 Å². The van der Waals surface area contributed by atoms with Crippen LogP contribution in [-0.4, -0.2) is 47.5 Å². The fourth-order valence-electron chi connectivity index (χ4n) is 2.63. The normalized spacial score (nSPS) is 10.3. The molecule has 0 unspecified atom stereocenters. The summed E-state index contributed by atoms with van der Waals surface area (Å²) in [6.07, 6.45) is 7.37. The minimum Gasteiger partial charge on any atom is -0.465 e. The van der Waals surface area contributed by atoms with E-state index in [1.54, 1.807) is 42.9 Å². The number of pyridine rings is 1. The summed E-state index contributed by atoms with van der Waals surface area (Å²) in [4.78, 5) is 38.5. The van der Waals surface area contributed by atoms with Gasteiger partial charge in [0.1, 0.15) is 11.5 Å². The minimum absolute atomic E-state index is 0.180. The molecule has 0 saturated heterocycles. The molecule has 0 aliphatic rings. The molecule has 1 N–H and O–H groups in total. The van der Waals surface area contributed by atoms with Gasteiger partial charge in [0.05, 0.1) is 25.1 Å². The second kappa shape index (κ2) is 9.41. The summed E-state index contributed by atoms with van der Waals surface area (Å²) in [5.41, 5.74) is 2.19. The highest BCUT2D eigenvalue weighted by Crippen LogP contribution is 2.14. The summed E-state index contributed by atoms with van der Waals surface area (Å²) < 4.78 is 4.68. The number of hydrogen-bond donors (Lipinski definition) is 1. The number of nitrogens with zero attached hydrogens (tertiary/aromatic N) is 4. The lowest BCUT2D eigenvalue weighted by Crippen LogP contribution is -2.22. The second-order valence-corrected chi connectivity index (χ2v) is 6.31. The summed E-state index contributed by atoms with van der Waals surface area (Å²) >= 11 is 0. The van der Waals surface area contributed by atoms with Gasteiger partial charge in [0, 0.05) is 31.7 Å². The number of amides is 1. The maximum absolute atomic E-state index is 12.4. The van der Waals surface area contributed by atoms with Crippen molar-refractivity contribution in [1.82, 2.24) is 15.0 Å². The third kappa shape index (κ3) is 5.35. The van der Waals surface area contributed by atoms with Crippen molar-refractivity contribution >= 4 is 23.4 Å². The number of methoxy groups -OCH3 is 1. The molecule has 0 atom stereocenters. The average molecular weight is 391 g/mol. The molecule has 148 valence electrons. The van der Waals surface area contributed by atoms with E-state index < -0.39 is 11.9 Å². The van der Waals surface area contributed by atoms with Gasteiger partial charge in [-0.3, -0.25) is 9.78 Å². The van der Waals surface area contributed by atoms with Crippen LogP contribution < -0.4 is 10.2 Å². The number of anilines is 2. The predicted octanol–water partition coefficient (Wildman–Crippen LogP) is 2.59. The molecule has 3 rings (SSSR count). The molecule has 0 radical (unpaired) electrons. The highest BCUT2D eigenvalue weighted by Gasteiger charge is 2.12. The van der Waals surface area contributed by atoms with E-state index in [1.165, 1.54) is 18.9 Å². The number of nitrogens with one attached hydrogen (secondary N) is 1. The van der Waals surface area contributed by atoms with Crippen molar-refractivity contribution in [3.63, 3.8) is 0 Å². The minimum atomic E-state index is -0.472. The van der Waals surface area contributed by atoms with Crippen LogP contribution in [0.2, 0.25) is 0 Å². The molecular formula is C21H21N5O3. The lowest BCUT2D eigenvalue weighted by Gasteiger charge is -2.17.